The lowest BCUT2D eigenvalue weighted by Crippen LogP contribution is -2.23. The number of hydrogen-bond acceptors (Lipinski definition) is 2. The van der Waals surface area contributed by atoms with Crippen molar-refractivity contribution in [3.63, 3.8) is 0 Å². The van der Waals surface area contributed by atoms with Crippen LogP contribution < -0.4 is 0 Å². The number of benzene rings is 2. The van der Waals surface area contributed by atoms with Gasteiger partial charge in [0.2, 0.25) is 0 Å². The predicted molar refractivity (Wildman–Crippen MR) is 114 cm³/mol. The minimum Gasteiger partial charge on any atom is -0.214 e. The average molecular weight is 439 g/mol. The second-order valence-corrected chi connectivity index (χ2v) is 10.3. The van der Waals surface area contributed by atoms with Crippen molar-refractivity contribution in [2.24, 2.45) is 5.92 Å². The second-order valence-electron chi connectivity index (χ2n) is 8.31. The van der Waals surface area contributed by atoms with Crippen molar-refractivity contribution in [1.82, 2.24) is 0 Å². The fraction of sp³-hybridized carbons (Fsp3) is 0.500. The smallest absolute Gasteiger partial charge is 0.214 e. The van der Waals surface area contributed by atoms with Gasteiger partial charge in [-0.2, -0.15) is 13.2 Å². The third kappa shape index (κ3) is 5.26. The topological polar surface area (TPSA) is 34.1 Å². The van der Waals surface area contributed by atoms with Crippen molar-refractivity contribution in [2.45, 2.75) is 74.6 Å². The molecule has 0 heterocycles. The van der Waals surface area contributed by atoms with E-state index >= 15 is 0 Å². The Morgan fingerprint density at radius 1 is 0.833 bits per heavy atom. The van der Waals surface area contributed by atoms with E-state index in [9.17, 15) is 21.6 Å². The first kappa shape index (κ1) is 22.9. The Morgan fingerprint density at radius 2 is 1.37 bits per heavy atom. The molecule has 0 spiro atoms. The van der Waals surface area contributed by atoms with E-state index in [1.54, 1.807) is 0 Å². The van der Waals surface area contributed by atoms with Gasteiger partial charge in [-0.05, 0) is 66.3 Å². The maximum atomic E-state index is 12.7. The molecular formula is C24H29F3O2S. The molecule has 3 rings (SSSR count). The van der Waals surface area contributed by atoms with Crippen molar-refractivity contribution in [3.05, 3.63) is 54.1 Å². The van der Waals surface area contributed by atoms with E-state index in [4.69, 9.17) is 0 Å². The Bertz CT molecular complexity index is 908. The first-order valence-corrected chi connectivity index (χ1v) is 12.2. The zero-order valence-corrected chi connectivity index (χ0v) is 18.1. The summed E-state index contributed by atoms with van der Waals surface area (Å²) in [6, 6.07) is 13.0. The zero-order chi connectivity index (χ0) is 21.8. The summed E-state index contributed by atoms with van der Waals surface area (Å²) in [6.07, 6.45) is 10.3. The molecule has 1 saturated carbocycles. The van der Waals surface area contributed by atoms with Crippen LogP contribution in [-0.2, 0) is 9.84 Å². The Morgan fingerprint density at radius 3 is 1.87 bits per heavy atom. The van der Waals surface area contributed by atoms with Gasteiger partial charge in [-0.25, -0.2) is 8.42 Å². The van der Waals surface area contributed by atoms with Crippen molar-refractivity contribution in [2.75, 3.05) is 0 Å². The van der Waals surface area contributed by atoms with Crippen molar-refractivity contribution in [3.8, 4) is 11.1 Å². The van der Waals surface area contributed by atoms with Gasteiger partial charge in [-0.1, -0.05) is 69.0 Å². The molecule has 1 fully saturated rings. The van der Waals surface area contributed by atoms with E-state index < -0.39 is 20.2 Å². The Balaban J connectivity index is 1.63. The molecule has 0 N–H and O–H groups in total. The van der Waals surface area contributed by atoms with Crippen LogP contribution >= 0.6 is 0 Å². The van der Waals surface area contributed by atoms with Crippen LogP contribution in [0.4, 0.5) is 13.2 Å². The third-order valence-electron chi connectivity index (χ3n) is 6.25. The summed E-state index contributed by atoms with van der Waals surface area (Å²) in [5.74, 6) is 1.43. The zero-order valence-electron chi connectivity index (χ0n) is 17.3. The van der Waals surface area contributed by atoms with E-state index in [2.05, 4.69) is 19.1 Å². The summed E-state index contributed by atoms with van der Waals surface area (Å²) in [5, 5.41) is 0. The second kappa shape index (κ2) is 9.54. The van der Waals surface area contributed by atoms with Gasteiger partial charge in [0.05, 0.1) is 4.90 Å². The molecule has 2 aromatic rings. The van der Waals surface area contributed by atoms with Crippen LogP contribution in [0.3, 0.4) is 0 Å². The standard InChI is InChI=1S/C24H29F3O2S/c1-2-3-4-5-18-6-8-19(9-7-18)20-10-12-21(13-11-20)22-14-16-23(17-15-22)30(28,29)24(25,26)27/h10-19H,2-9H2,1H3. The van der Waals surface area contributed by atoms with Gasteiger partial charge in [0.1, 0.15) is 0 Å². The molecular weight excluding hydrogens is 409 g/mol. The summed E-state index contributed by atoms with van der Waals surface area (Å²) >= 11 is 0. The SMILES string of the molecule is CCCCCC1CCC(c2ccc(-c3ccc(S(=O)(=O)C(F)(F)F)cc3)cc2)CC1. The van der Waals surface area contributed by atoms with Crippen molar-refractivity contribution >= 4 is 9.84 Å². The highest BCUT2D eigenvalue weighted by molar-refractivity contribution is 7.92. The first-order chi connectivity index (χ1) is 14.2. The molecule has 0 bridgehead atoms. The van der Waals surface area contributed by atoms with E-state index in [1.807, 2.05) is 12.1 Å². The number of sulfone groups is 1. The summed E-state index contributed by atoms with van der Waals surface area (Å²) in [4.78, 5) is -0.730. The molecule has 0 aliphatic heterocycles. The van der Waals surface area contributed by atoms with E-state index in [1.165, 1.54) is 69.1 Å². The number of rotatable bonds is 7. The highest BCUT2D eigenvalue weighted by Crippen LogP contribution is 2.38. The molecule has 6 heteroatoms. The number of unbranched alkanes of at least 4 members (excludes halogenated alkanes) is 2. The molecule has 0 atom stereocenters. The van der Waals surface area contributed by atoms with Gasteiger partial charge in [-0.3, -0.25) is 0 Å². The molecule has 0 aromatic heterocycles. The lowest BCUT2D eigenvalue weighted by molar-refractivity contribution is -0.0436. The molecule has 2 nitrogen and oxygen atoms in total. The van der Waals surface area contributed by atoms with Gasteiger partial charge >= 0.3 is 5.51 Å². The number of halogens is 3. The lowest BCUT2D eigenvalue weighted by Gasteiger charge is -2.29. The fourth-order valence-electron chi connectivity index (χ4n) is 4.38. The minimum atomic E-state index is -5.31. The molecule has 30 heavy (non-hydrogen) atoms. The molecule has 0 saturated heterocycles. The Kier molecular flexibility index (Phi) is 7.27. The Hall–Kier alpha value is -1.82. The lowest BCUT2D eigenvalue weighted by atomic mass is 9.77. The van der Waals surface area contributed by atoms with Crippen LogP contribution in [-0.4, -0.2) is 13.9 Å². The highest BCUT2D eigenvalue weighted by Gasteiger charge is 2.46. The normalized spacial score (nSPS) is 20.3. The van der Waals surface area contributed by atoms with Gasteiger partial charge in [0.25, 0.3) is 9.84 Å². The number of alkyl halides is 3. The fourth-order valence-corrected chi connectivity index (χ4v) is 5.14. The molecule has 164 valence electrons. The first-order valence-electron chi connectivity index (χ1n) is 10.7. The van der Waals surface area contributed by atoms with Crippen molar-refractivity contribution in [1.29, 1.82) is 0 Å². The molecule has 1 aliphatic rings. The van der Waals surface area contributed by atoms with Crippen molar-refractivity contribution < 1.29 is 21.6 Å². The molecule has 0 unspecified atom stereocenters. The minimum absolute atomic E-state index is 0.570. The number of hydrogen-bond donors (Lipinski definition) is 0. The average Bonchev–Trinajstić information content (AvgIpc) is 2.74. The summed E-state index contributed by atoms with van der Waals surface area (Å²) in [5.41, 5.74) is -2.42. The van der Waals surface area contributed by atoms with Crippen LogP contribution in [0.15, 0.2) is 53.4 Å². The largest absolute Gasteiger partial charge is 0.501 e. The summed E-state index contributed by atoms with van der Waals surface area (Å²) < 4.78 is 61.0. The summed E-state index contributed by atoms with van der Waals surface area (Å²) in [6.45, 7) is 2.24. The third-order valence-corrected chi connectivity index (χ3v) is 7.75. The summed E-state index contributed by atoms with van der Waals surface area (Å²) in [7, 11) is -5.31. The predicted octanol–water partition coefficient (Wildman–Crippen LogP) is 7.50. The molecule has 1 aliphatic carbocycles. The van der Waals surface area contributed by atoms with Crippen LogP contribution in [0.1, 0.15) is 69.8 Å². The monoisotopic (exact) mass is 438 g/mol. The quantitative estimate of drug-likeness (QED) is 0.419. The highest BCUT2D eigenvalue weighted by atomic mass is 32.2. The van der Waals surface area contributed by atoms with E-state index in [0.29, 0.717) is 11.5 Å². The van der Waals surface area contributed by atoms with Crippen LogP contribution in [0.25, 0.3) is 11.1 Å². The van der Waals surface area contributed by atoms with E-state index in [-0.39, 0.29) is 0 Å². The van der Waals surface area contributed by atoms with Crippen LogP contribution in [0.5, 0.6) is 0 Å². The molecule has 0 radical (unpaired) electrons. The van der Waals surface area contributed by atoms with Gasteiger partial charge in [0, 0.05) is 0 Å². The maximum Gasteiger partial charge on any atom is 0.501 e. The van der Waals surface area contributed by atoms with Crippen LogP contribution in [0, 0.1) is 5.92 Å². The van der Waals surface area contributed by atoms with Crippen LogP contribution in [0.2, 0.25) is 0 Å². The van der Waals surface area contributed by atoms with Gasteiger partial charge in [0.15, 0.2) is 0 Å². The maximum absolute atomic E-state index is 12.7. The van der Waals surface area contributed by atoms with Gasteiger partial charge < -0.3 is 0 Å². The van der Waals surface area contributed by atoms with E-state index in [0.717, 1.165) is 23.6 Å². The molecule has 2 aromatic carbocycles. The molecule has 0 amide bonds. The van der Waals surface area contributed by atoms with Gasteiger partial charge in [-0.15, -0.1) is 0 Å². The Labute approximate surface area is 177 Å².